The number of carbonyl (C=O) groups excluding carboxylic acids is 2. The quantitative estimate of drug-likeness (QED) is 0.502. The van der Waals surface area contributed by atoms with Crippen LogP contribution in [0.25, 0.3) is 0 Å². The Morgan fingerprint density at radius 2 is 1.93 bits per heavy atom. The molecule has 0 bridgehead atoms. The lowest BCUT2D eigenvalue weighted by Crippen LogP contribution is -2.48. The molecule has 4 atom stereocenters. The van der Waals surface area contributed by atoms with Gasteiger partial charge >= 0.3 is 0 Å². The van der Waals surface area contributed by atoms with Crippen LogP contribution in [-0.4, -0.2) is 98.0 Å². The highest BCUT2D eigenvalue weighted by molar-refractivity contribution is 7.92. The van der Waals surface area contributed by atoms with Gasteiger partial charge in [-0.15, -0.1) is 0 Å². The Bertz CT molecular complexity index is 1280. The smallest absolute Gasteiger partial charge is 0.258 e. The second kappa shape index (κ2) is 14.6. The highest BCUT2D eigenvalue weighted by Gasteiger charge is 2.31. The number of aromatic nitrogens is 1. The van der Waals surface area contributed by atoms with Crippen molar-refractivity contribution in [1.82, 2.24) is 14.8 Å². The van der Waals surface area contributed by atoms with E-state index in [2.05, 4.69) is 9.71 Å². The number of nitrogens with one attached hydrogen (secondary N) is 1. The van der Waals surface area contributed by atoms with Crippen LogP contribution in [0.1, 0.15) is 60.7 Å². The van der Waals surface area contributed by atoms with Crippen LogP contribution in [0.15, 0.2) is 42.7 Å². The maximum atomic E-state index is 14.0. The zero-order valence-electron chi connectivity index (χ0n) is 24.4. The van der Waals surface area contributed by atoms with Crippen molar-refractivity contribution < 1.29 is 32.6 Å². The van der Waals surface area contributed by atoms with E-state index in [-0.39, 0.29) is 48.4 Å². The summed E-state index contributed by atoms with van der Waals surface area (Å²) in [7, 11) is -1.86. The van der Waals surface area contributed by atoms with Crippen molar-refractivity contribution in [2.45, 2.75) is 58.3 Å². The number of benzene rings is 1. The van der Waals surface area contributed by atoms with E-state index >= 15 is 0 Å². The van der Waals surface area contributed by atoms with Gasteiger partial charge in [-0.2, -0.15) is 0 Å². The van der Waals surface area contributed by atoms with E-state index in [4.69, 9.17) is 9.47 Å². The average Bonchev–Trinajstić information content (AvgIpc) is 2.93. The van der Waals surface area contributed by atoms with E-state index in [1.54, 1.807) is 60.4 Å². The number of carbonyl (C=O) groups is 2. The maximum absolute atomic E-state index is 14.0. The van der Waals surface area contributed by atoms with Gasteiger partial charge in [0.05, 0.1) is 36.7 Å². The van der Waals surface area contributed by atoms with Crippen LogP contribution >= 0.6 is 0 Å². The highest BCUT2D eigenvalue weighted by atomic mass is 32.2. The van der Waals surface area contributed by atoms with Crippen molar-refractivity contribution in [3.8, 4) is 5.75 Å². The van der Waals surface area contributed by atoms with Gasteiger partial charge in [0.1, 0.15) is 5.75 Å². The molecule has 0 unspecified atom stereocenters. The number of aliphatic hydroxyl groups excluding tert-OH is 1. The highest BCUT2D eigenvalue weighted by Crippen LogP contribution is 2.29. The molecular formula is C29H42N4O7S. The molecule has 0 saturated heterocycles. The number of hydrogen-bond acceptors (Lipinski definition) is 8. The molecule has 0 spiro atoms. The fraction of sp³-hybridized carbons (Fsp3) is 0.552. The van der Waals surface area contributed by atoms with Crippen LogP contribution in [0, 0.1) is 5.92 Å². The molecule has 226 valence electrons. The number of aliphatic hydroxyl groups is 1. The van der Waals surface area contributed by atoms with Crippen LogP contribution in [0.5, 0.6) is 5.75 Å². The summed E-state index contributed by atoms with van der Waals surface area (Å²) < 4.78 is 38.7. The number of hydrogen-bond donors (Lipinski definition) is 2. The van der Waals surface area contributed by atoms with E-state index in [1.807, 2.05) is 13.8 Å². The summed E-state index contributed by atoms with van der Waals surface area (Å²) in [6, 6.07) is 7.40. The Morgan fingerprint density at radius 1 is 1.22 bits per heavy atom. The number of rotatable bonds is 7. The number of fused-ring (bicyclic) bond motifs is 1. The molecule has 2 N–H and O–H groups in total. The zero-order chi connectivity index (χ0) is 30.2. The first-order chi connectivity index (χ1) is 19.4. The normalized spacial score (nSPS) is 21.7. The molecule has 1 aromatic heterocycles. The third-order valence-electron chi connectivity index (χ3n) is 7.08. The SMILES string of the molecule is C[C@@H]1CCCCO[C@@H](CN(C)C(=O)c2ccncc2)[C@H](C)CN([C@@H](C)CO)C(=O)c2cc(NS(C)(=O)=O)ccc2O1. The average molecular weight is 591 g/mol. The molecular weight excluding hydrogens is 548 g/mol. The summed E-state index contributed by atoms with van der Waals surface area (Å²) in [5, 5.41) is 10.1. The van der Waals surface area contributed by atoms with Gasteiger partial charge < -0.3 is 24.4 Å². The molecule has 3 rings (SSSR count). The van der Waals surface area contributed by atoms with Crippen molar-refractivity contribution >= 4 is 27.5 Å². The number of pyridine rings is 1. The number of sulfonamides is 1. The molecule has 12 heteroatoms. The van der Waals surface area contributed by atoms with Crippen LogP contribution in [-0.2, 0) is 14.8 Å². The van der Waals surface area contributed by atoms with Gasteiger partial charge in [-0.1, -0.05) is 6.92 Å². The Labute approximate surface area is 242 Å². The Hall–Kier alpha value is -3.22. The van der Waals surface area contributed by atoms with Crippen LogP contribution in [0.3, 0.4) is 0 Å². The van der Waals surface area contributed by atoms with Gasteiger partial charge in [0.25, 0.3) is 11.8 Å². The standard InChI is InChI=1S/C29H42N4O7S/c1-20-17-33(21(2)19-34)29(36)25-16-24(31-41(5,37)38)9-10-26(25)40-22(3)8-6-7-15-39-27(20)18-32(4)28(35)23-11-13-30-14-12-23/h9-14,16,20-22,27,31,34H,6-8,15,17-19H2,1-5H3/t20-,21+,22-,27+/m1/s1. The minimum Gasteiger partial charge on any atom is -0.490 e. The lowest BCUT2D eigenvalue weighted by molar-refractivity contribution is -0.0149. The first kappa shape index (κ1) is 32.3. The number of amides is 2. The minimum absolute atomic E-state index is 0.162. The molecule has 11 nitrogen and oxygen atoms in total. The topological polar surface area (TPSA) is 138 Å². The van der Waals surface area contributed by atoms with Crippen LogP contribution in [0.4, 0.5) is 5.69 Å². The molecule has 2 heterocycles. The first-order valence-electron chi connectivity index (χ1n) is 13.9. The van der Waals surface area contributed by atoms with Crippen LogP contribution in [0.2, 0.25) is 0 Å². The fourth-order valence-corrected chi connectivity index (χ4v) is 5.29. The first-order valence-corrected chi connectivity index (χ1v) is 15.8. The summed E-state index contributed by atoms with van der Waals surface area (Å²) in [4.78, 5) is 34.2. The Balaban J connectivity index is 1.95. The van der Waals surface area contributed by atoms with Gasteiger partial charge in [-0.05, 0) is 63.4 Å². The second-order valence-corrected chi connectivity index (χ2v) is 12.6. The molecule has 0 fully saturated rings. The summed E-state index contributed by atoms with van der Waals surface area (Å²) in [5.41, 5.74) is 0.947. The predicted molar refractivity (Wildman–Crippen MR) is 157 cm³/mol. The number of nitrogens with zero attached hydrogens (tertiary/aromatic N) is 3. The maximum Gasteiger partial charge on any atom is 0.258 e. The third kappa shape index (κ3) is 9.40. The summed E-state index contributed by atoms with van der Waals surface area (Å²) >= 11 is 0. The molecule has 0 aliphatic carbocycles. The fourth-order valence-electron chi connectivity index (χ4n) is 4.73. The van der Waals surface area contributed by atoms with Gasteiger partial charge in [-0.25, -0.2) is 8.42 Å². The zero-order valence-corrected chi connectivity index (χ0v) is 25.3. The lowest BCUT2D eigenvalue weighted by Gasteiger charge is -2.36. The summed E-state index contributed by atoms with van der Waals surface area (Å²) in [5.74, 6) is -0.444. The monoisotopic (exact) mass is 590 g/mol. The summed E-state index contributed by atoms with van der Waals surface area (Å²) in [6.45, 7) is 6.34. The van der Waals surface area contributed by atoms with Gasteiger partial charge in [0.15, 0.2) is 0 Å². The van der Waals surface area contributed by atoms with E-state index in [9.17, 15) is 23.1 Å². The van der Waals surface area contributed by atoms with E-state index in [1.165, 1.54) is 6.07 Å². The number of ether oxygens (including phenoxy) is 2. The predicted octanol–water partition coefficient (Wildman–Crippen LogP) is 3.02. The van der Waals surface area contributed by atoms with Crippen molar-refractivity contribution in [1.29, 1.82) is 0 Å². The molecule has 2 aromatic rings. The van der Waals surface area contributed by atoms with Crippen molar-refractivity contribution in [2.75, 3.05) is 44.3 Å². The van der Waals surface area contributed by atoms with Gasteiger partial charge in [-0.3, -0.25) is 19.3 Å². The molecule has 1 aromatic carbocycles. The van der Waals surface area contributed by atoms with Crippen LogP contribution < -0.4 is 9.46 Å². The molecule has 2 amide bonds. The largest absolute Gasteiger partial charge is 0.490 e. The Morgan fingerprint density at radius 3 is 2.59 bits per heavy atom. The molecule has 1 aliphatic heterocycles. The van der Waals surface area contributed by atoms with Gasteiger partial charge in [0, 0.05) is 56.3 Å². The lowest BCUT2D eigenvalue weighted by atomic mass is 10.0. The van der Waals surface area contributed by atoms with Gasteiger partial charge in [0.2, 0.25) is 10.0 Å². The molecule has 0 radical (unpaired) electrons. The number of anilines is 1. The molecule has 41 heavy (non-hydrogen) atoms. The minimum atomic E-state index is -3.58. The van der Waals surface area contributed by atoms with Crippen molar-refractivity contribution in [3.05, 3.63) is 53.9 Å². The van der Waals surface area contributed by atoms with Crippen molar-refractivity contribution in [2.24, 2.45) is 5.92 Å². The second-order valence-electron chi connectivity index (χ2n) is 10.8. The molecule has 1 aliphatic rings. The van der Waals surface area contributed by atoms with E-state index < -0.39 is 22.0 Å². The van der Waals surface area contributed by atoms with E-state index in [0.29, 0.717) is 24.5 Å². The number of likely N-dealkylation sites (N-methyl/N-ethyl adjacent to an activating group) is 1. The molecule has 0 saturated carbocycles. The third-order valence-corrected chi connectivity index (χ3v) is 7.69. The Kier molecular flexibility index (Phi) is 11.5. The van der Waals surface area contributed by atoms with Crippen molar-refractivity contribution in [3.63, 3.8) is 0 Å². The summed E-state index contributed by atoms with van der Waals surface area (Å²) in [6.07, 6.45) is 5.93. The van der Waals surface area contributed by atoms with E-state index in [0.717, 1.165) is 25.5 Å².